The highest BCUT2D eigenvalue weighted by Crippen LogP contribution is 2.30. The average molecular weight is 303 g/mol. The quantitative estimate of drug-likeness (QED) is 0.691. The maximum atomic E-state index is 9.29. The van der Waals surface area contributed by atoms with Gasteiger partial charge in [-0.25, -0.2) is 9.98 Å². The predicted molar refractivity (Wildman–Crippen MR) is 84.6 cm³/mol. The maximum absolute atomic E-state index is 9.29. The molecule has 0 saturated carbocycles. The molecule has 0 spiro atoms. The summed E-state index contributed by atoms with van der Waals surface area (Å²) in [5.41, 5.74) is 2.71. The number of hydrogen-bond acceptors (Lipinski definition) is 4. The molecule has 2 aromatic carbocycles. The number of phenolic OH excluding ortho intramolecular Hbond substituents is 1. The van der Waals surface area contributed by atoms with Crippen LogP contribution in [0.2, 0.25) is 5.02 Å². The van der Waals surface area contributed by atoms with E-state index >= 15 is 0 Å². The minimum absolute atomic E-state index is 0.246. The van der Waals surface area contributed by atoms with E-state index in [9.17, 15) is 5.11 Å². The van der Waals surface area contributed by atoms with Crippen molar-refractivity contribution < 1.29 is 5.11 Å². The number of benzene rings is 2. The third-order valence-electron chi connectivity index (χ3n) is 2.89. The van der Waals surface area contributed by atoms with Crippen molar-refractivity contribution in [1.29, 1.82) is 0 Å². The molecular formula is C15H11ClN2OS. The van der Waals surface area contributed by atoms with E-state index < -0.39 is 0 Å². The Morgan fingerprint density at radius 2 is 1.95 bits per heavy atom. The molecule has 3 rings (SSSR count). The van der Waals surface area contributed by atoms with E-state index in [1.807, 2.05) is 37.3 Å². The van der Waals surface area contributed by atoms with Gasteiger partial charge in [-0.05, 0) is 55.0 Å². The molecule has 1 heterocycles. The van der Waals surface area contributed by atoms with Crippen molar-refractivity contribution in [2.24, 2.45) is 4.99 Å². The summed E-state index contributed by atoms with van der Waals surface area (Å²) in [4.78, 5) is 8.99. The summed E-state index contributed by atoms with van der Waals surface area (Å²) in [5.74, 6) is 0.246. The molecule has 0 bridgehead atoms. The molecule has 1 aromatic heterocycles. The molecule has 0 amide bonds. The van der Waals surface area contributed by atoms with E-state index in [4.69, 9.17) is 11.6 Å². The Bertz CT molecular complexity index is 793. The summed E-state index contributed by atoms with van der Waals surface area (Å²) in [6.45, 7) is 1.92. The molecule has 100 valence electrons. The van der Waals surface area contributed by atoms with E-state index in [0.29, 0.717) is 10.2 Å². The number of rotatable bonds is 2. The fraction of sp³-hybridized carbons (Fsp3) is 0.0667. The Balaban J connectivity index is 1.98. The first kappa shape index (κ1) is 13.1. The molecule has 5 heteroatoms. The molecule has 0 fully saturated rings. The lowest BCUT2D eigenvalue weighted by molar-refractivity contribution is 0.475. The second-order valence-electron chi connectivity index (χ2n) is 4.35. The smallest absolute Gasteiger partial charge is 0.210 e. The number of fused-ring (bicyclic) bond motifs is 1. The fourth-order valence-electron chi connectivity index (χ4n) is 1.84. The molecule has 3 aromatic rings. The van der Waals surface area contributed by atoms with Crippen LogP contribution >= 0.6 is 22.9 Å². The molecule has 0 aliphatic carbocycles. The van der Waals surface area contributed by atoms with Crippen molar-refractivity contribution in [1.82, 2.24) is 4.98 Å². The zero-order chi connectivity index (χ0) is 14.1. The summed E-state index contributed by atoms with van der Waals surface area (Å²) in [6.07, 6.45) is 0. The summed E-state index contributed by atoms with van der Waals surface area (Å²) >= 11 is 7.47. The van der Waals surface area contributed by atoms with Crippen LogP contribution in [0, 0.1) is 0 Å². The van der Waals surface area contributed by atoms with Crippen LogP contribution < -0.4 is 0 Å². The average Bonchev–Trinajstić information content (AvgIpc) is 2.80. The summed E-state index contributed by atoms with van der Waals surface area (Å²) in [5, 5.41) is 10.7. The van der Waals surface area contributed by atoms with Crippen molar-refractivity contribution in [3.63, 3.8) is 0 Å². The van der Waals surface area contributed by atoms with Crippen molar-refractivity contribution in [3.8, 4) is 5.75 Å². The van der Waals surface area contributed by atoms with Crippen LogP contribution in [0.25, 0.3) is 10.2 Å². The van der Waals surface area contributed by atoms with Gasteiger partial charge in [0, 0.05) is 10.7 Å². The minimum Gasteiger partial charge on any atom is -0.508 e. The number of aromatic nitrogens is 1. The van der Waals surface area contributed by atoms with E-state index in [1.165, 1.54) is 11.3 Å². The Kier molecular flexibility index (Phi) is 3.42. The van der Waals surface area contributed by atoms with Gasteiger partial charge in [-0.1, -0.05) is 22.9 Å². The van der Waals surface area contributed by atoms with Gasteiger partial charge in [0.05, 0.1) is 10.2 Å². The largest absolute Gasteiger partial charge is 0.508 e. The number of phenols is 1. The van der Waals surface area contributed by atoms with Crippen LogP contribution in [0.3, 0.4) is 0 Å². The highest BCUT2D eigenvalue weighted by Gasteiger charge is 2.05. The highest BCUT2D eigenvalue weighted by atomic mass is 35.5. The number of nitrogens with zero attached hydrogens (tertiary/aromatic N) is 2. The second-order valence-corrected chi connectivity index (χ2v) is 5.80. The van der Waals surface area contributed by atoms with Crippen molar-refractivity contribution >= 4 is 44.0 Å². The number of aliphatic imine (C=N–C) groups is 1. The van der Waals surface area contributed by atoms with Gasteiger partial charge >= 0.3 is 0 Å². The maximum Gasteiger partial charge on any atom is 0.210 e. The molecule has 1 N–H and O–H groups in total. The predicted octanol–water partition coefficient (Wildman–Crippen LogP) is 4.80. The summed E-state index contributed by atoms with van der Waals surface area (Å²) < 4.78 is 1.02. The fourth-order valence-corrected chi connectivity index (χ4v) is 3.01. The molecule has 0 aliphatic rings. The molecule has 20 heavy (non-hydrogen) atoms. The van der Waals surface area contributed by atoms with Crippen LogP contribution in [0.1, 0.15) is 12.5 Å². The van der Waals surface area contributed by atoms with Crippen LogP contribution in [0.4, 0.5) is 5.13 Å². The summed E-state index contributed by atoms with van der Waals surface area (Å²) in [6, 6.07) is 12.6. The summed E-state index contributed by atoms with van der Waals surface area (Å²) in [7, 11) is 0. The molecule has 0 saturated heterocycles. The van der Waals surface area contributed by atoms with Gasteiger partial charge in [-0.15, -0.1) is 0 Å². The Morgan fingerprint density at radius 3 is 2.70 bits per heavy atom. The SMILES string of the molecule is C/C(=N/c1nc2ccc(Cl)cc2s1)c1ccc(O)cc1. The Hall–Kier alpha value is -1.91. The third-order valence-corrected chi connectivity index (χ3v) is 4.03. The number of halogens is 1. The highest BCUT2D eigenvalue weighted by molar-refractivity contribution is 7.22. The van der Waals surface area contributed by atoms with Gasteiger partial charge in [0.2, 0.25) is 5.13 Å². The first-order chi connectivity index (χ1) is 9.61. The molecule has 0 unspecified atom stereocenters. The van der Waals surface area contributed by atoms with Crippen LogP contribution in [-0.2, 0) is 0 Å². The van der Waals surface area contributed by atoms with Gasteiger partial charge < -0.3 is 5.11 Å². The second kappa shape index (κ2) is 5.23. The minimum atomic E-state index is 0.246. The first-order valence-electron chi connectivity index (χ1n) is 6.02. The van der Waals surface area contributed by atoms with Crippen LogP contribution in [0.15, 0.2) is 47.5 Å². The lowest BCUT2D eigenvalue weighted by Crippen LogP contribution is -1.92. The van der Waals surface area contributed by atoms with Crippen LogP contribution in [-0.4, -0.2) is 15.8 Å². The van der Waals surface area contributed by atoms with Gasteiger partial charge in [-0.2, -0.15) is 0 Å². The van der Waals surface area contributed by atoms with E-state index in [-0.39, 0.29) is 5.75 Å². The molecule has 0 radical (unpaired) electrons. The number of hydrogen-bond donors (Lipinski definition) is 1. The van der Waals surface area contributed by atoms with Crippen LogP contribution in [0.5, 0.6) is 5.75 Å². The lowest BCUT2D eigenvalue weighted by Gasteiger charge is -1.99. The molecule has 3 nitrogen and oxygen atoms in total. The zero-order valence-corrected chi connectivity index (χ0v) is 12.2. The molecule has 0 atom stereocenters. The van der Waals surface area contributed by atoms with Crippen molar-refractivity contribution in [2.75, 3.05) is 0 Å². The lowest BCUT2D eigenvalue weighted by atomic mass is 10.1. The molecule has 0 aliphatic heterocycles. The Labute approximate surface area is 125 Å². The normalized spacial score (nSPS) is 12.0. The number of thiazole rings is 1. The van der Waals surface area contributed by atoms with Gasteiger partial charge in [-0.3, -0.25) is 0 Å². The first-order valence-corrected chi connectivity index (χ1v) is 7.22. The zero-order valence-electron chi connectivity index (χ0n) is 10.7. The van der Waals surface area contributed by atoms with Gasteiger partial charge in [0.15, 0.2) is 0 Å². The van der Waals surface area contributed by atoms with Crippen molar-refractivity contribution in [2.45, 2.75) is 6.92 Å². The van der Waals surface area contributed by atoms with Gasteiger partial charge in [0.1, 0.15) is 5.75 Å². The van der Waals surface area contributed by atoms with E-state index in [2.05, 4.69) is 9.98 Å². The topological polar surface area (TPSA) is 45.5 Å². The third kappa shape index (κ3) is 2.66. The number of aromatic hydroxyl groups is 1. The Morgan fingerprint density at radius 1 is 1.20 bits per heavy atom. The van der Waals surface area contributed by atoms with E-state index in [1.54, 1.807) is 12.1 Å². The standard InChI is InChI=1S/C15H11ClN2OS/c1-9(10-2-5-12(19)6-3-10)17-15-18-13-7-4-11(16)8-14(13)20-15/h2-8,19H,1H3/b17-9-. The van der Waals surface area contributed by atoms with E-state index in [0.717, 1.165) is 21.5 Å². The monoisotopic (exact) mass is 302 g/mol. The van der Waals surface area contributed by atoms with Gasteiger partial charge in [0.25, 0.3) is 0 Å². The molecular weight excluding hydrogens is 292 g/mol. The van der Waals surface area contributed by atoms with Crippen molar-refractivity contribution in [3.05, 3.63) is 53.1 Å².